The fraction of sp³-hybridized carbons (Fsp3) is 0.286. The molecule has 0 saturated heterocycles. The van der Waals surface area contributed by atoms with Crippen LogP contribution in [0.25, 0.3) is 10.2 Å². The van der Waals surface area contributed by atoms with Crippen LogP contribution in [0, 0.1) is 20.8 Å². The summed E-state index contributed by atoms with van der Waals surface area (Å²) in [6, 6.07) is 9.31. The molecular weight excluding hydrogens is 427 g/mol. The molecule has 1 amide bonds. The van der Waals surface area contributed by atoms with E-state index in [1.807, 2.05) is 32.0 Å². The molecule has 0 aliphatic carbocycles. The summed E-state index contributed by atoms with van der Waals surface area (Å²) in [5.41, 5.74) is 3.21. The lowest BCUT2D eigenvalue weighted by atomic mass is 10.1. The summed E-state index contributed by atoms with van der Waals surface area (Å²) < 4.78 is 42.6. The van der Waals surface area contributed by atoms with Crippen molar-refractivity contribution in [1.29, 1.82) is 0 Å². The van der Waals surface area contributed by atoms with E-state index in [1.165, 1.54) is 13.1 Å². The van der Waals surface area contributed by atoms with Crippen molar-refractivity contribution >= 4 is 33.1 Å². The second kappa shape index (κ2) is 7.52. The number of thiophene rings is 1. The largest absolute Gasteiger partial charge is 0.435 e. The van der Waals surface area contributed by atoms with Gasteiger partial charge in [0.1, 0.15) is 4.83 Å². The van der Waals surface area contributed by atoms with Crippen LogP contribution in [0.4, 0.5) is 18.9 Å². The Balaban J connectivity index is 1.61. The number of halogens is 3. The van der Waals surface area contributed by atoms with Crippen LogP contribution in [0.5, 0.6) is 0 Å². The van der Waals surface area contributed by atoms with Crippen molar-refractivity contribution in [3.63, 3.8) is 0 Å². The predicted molar refractivity (Wildman–Crippen MR) is 114 cm³/mol. The van der Waals surface area contributed by atoms with E-state index in [0.29, 0.717) is 22.8 Å². The number of carbonyl (C=O) groups is 1. The summed E-state index contributed by atoms with van der Waals surface area (Å²) in [5, 5.41) is 10.8. The summed E-state index contributed by atoms with van der Waals surface area (Å²) in [6.07, 6.45) is -4.58. The first-order chi connectivity index (χ1) is 14.5. The molecule has 1 N–H and O–H groups in total. The van der Waals surface area contributed by atoms with Crippen LogP contribution < -0.4 is 5.32 Å². The normalized spacial score (nSPS) is 12.0. The second-order valence-electron chi connectivity index (χ2n) is 7.45. The highest BCUT2D eigenvalue weighted by Gasteiger charge is 2.37. The van der Waals surface area contributed by atoms with Crippen molar-refractivity contribution in [3.05, 3.63) is 63.4 Å². The SMILES string of the molecule is Cc1cccc(Cn2nc(C)c(NC(=O)c3cc4c(C(F)(F)F)nn(C)c4s3)c2C)c1. The molecule has 0 unspecified atom stereocenters. The lowest BCUT2D eigenvalue weighted by Gasteiger charge is -2.07. The monoisotopic (exact) mass is 447 g/mol. The van der Waals surface area contributed by atoms with Crippen molar-refractivity contribution in [1.82, 2.24) is 19.6 Å². The summed E-state index contributed by atoms with van der Waals surface area (Å²) in [4.78, 5) is 13.3. The maximum absolute atomic E-state index is 13.2. The molecule has 162 valence electrons. The lowest BCUT2D eigenvalue weighted by molar-refractivity contribution is -0.140. The number of alkyl halides is 3. The Kier molecular flexibility index (Phi) is 5.12. The van der Waals surface area contributed by atoms with Crippen molar-refractivity contribution in [2.75, 3.05) is 5.32 Å². The van der Waals surface area contributed by atoms with Gasteiger partial charge in [-0.25, -0.2) is 0 Å². The standard InChI is InChI=1S/C21H20F3N5OS/c1-11-6-5-7-14(8-11)10-29-13(3)17(12(2)26-29)25-19(30)16-9-15-18(21(22,23)24)27-28(4)20(15)31-16/h5-9H,10H2,1-4H3,(H,25,30). The average molecular weight is 447 g/mol. The summed E-state index contributed by atoms with van der Waals surface area (Å²) >= 11 is 0.972. The van der Waals surface area contributed by atoms with E-state index in [0.717, 1.165) is 32.8 Å². The molecule has 0 bridgehead atoms. The molecule has 6 nitrogen and oxygen atoms in total. The molecule has 3 aromatic heterocycles. The second-order valence-corrected chi connectivity index (χ2v) is 8.48. The number of fused-ring (bicyclic) bond motifs is 1. The Morgan fingerprint density at radius 3 is 2.58 bits per heavy atom. The van der Waals surface area contributed by atoms with E-state index in [-0.39, 0.29) is 10.3 Å². The number of hydrogen-bond donors (Lipinski definition) is 1. The van der Waals surface area contributed by atoms with Crippen molar-refractivity contribution in [3.8, 4) is 0 Å². The van der Waals surface area contributed by atoms with Crippen molar-refractivity contribution < 1.29 is 18.0 Å². The van der Waals surface area contributed by atoms with Crippen molar-refractivity contribution in [2.24, 2.45) is 7.05 Å². The van der Waals surface area contributed by atoms with Crippen LogP contribution in [0.2, 0.25) is 0 Å². The smallest absolute Gasteiger partial charge is 0.318 e. The minimum Gasteiger partial charge on any atom is -0.318 e. The molecule has 0 spiro atoms. The van der Waals surface area contributed by atoms with Gasteiger partial charge in [-0.2, -0.15) is 23.4 Å². The van der Waals surface area contributed by atoms with Crippen LogP contribution in [-0.4, -0.2) is 25.5 Å². The zero-order valence-corrected chi connectivity index (χ0v) is 18.1. The minimum atomic E-state index is -4.58. The number of anilines is 1. The van der Waals surface area contributed by atoms with E-state index in [2.05, 4.69) is 21.6 Å². The highest BCUT2D eigenvalue weighted by molar-refractivity contribution is 7.20. The first-order valence-electron chi connectivity index (χ1n) is 9.49. The maximum atomic E-state index is 13.2. The Morgan fingerprint density at radius 2 is 1.90 bits per heavy atom. The Bertz CT molecular complexity index is 1300. The van der Waals surface area contributed by atoms with Gasteiger partial charge in [0.25, 0.3) is 5.91 Å². The fourth-order valence-electron chi connectivity index (χ4n) is 3.55. The molecule has 0 aliphatic rings. The van der Waals surface area contributed by atoms with Gasteiger partial charge in [-0.15, -0.1) is 11.3 Å². The lowest BCUT2D eigenvalue weighted by Crippen LogP contribution is -2.12. The van der Waals surface area contributed by atoms with E-state index in [4.69, 9.17) is 0 Å². The minimum absolute atomic E-state index is 0.0752. The predicted octanol–water partition coefficient (Wildman–Crippen LogP) is 5.08. The topological polar surface area (TPSA) is 64.7 Å². The molecule has 0 atom stereocenters. The maximum Gasteiger partial charge on any atom is 0.435 e. The van der Waals surface area contributed by atoms with Gasteiger partial charge in [-0.1, -0.05) is 29.8 Å². The molecule has 0 fully saturated rings. The molecule has 10 heteroatoms. The average Bonchev–Trinajstić information content (AvgIpc) is 3.31. The number of benzene rings is 1. The van der Waals surface area contributed by atoms with Crippen LogP contribution in [-0.2, 0) is 19.8 Å². The molecule has 0 aliphatic heterocycles. The molecule has 4 aromatic rings. The van der Waals surface area contributed by atoms with E-state index < -0.39 is 17.8 Å². The van der Waals surface area contributed by atoms with Gasteiger partial charge in [-0.3, -0.25) is 14.2 Å². The number of carbonyl (C=O) groups excluding carboxylic acids is 1. The highest BCUT2D eigenvalue weighted by atomic mass is 32.1. The van der Waals surface area contributed by atoms with Gasteiger partial charge in [0, 0.05) is 12.4 Å². The molecule has 4 rings (SSSR count). The first kappa shape index (κ1) is 21.1. The summed E-state index contributed by atoms with van der Waals surface area (Å²) in [7, 11) is 1.43. The third-order valence-electron chi connectivity index (χ3n) is 5.04. The first-order valence-corrected chi connectivity index (χ1v) is 10.3. The van der Waals surface area contributed by atoms with Crippen LogP contribution in [0.1, 0.15) is 37.9 Å². The molecule has 31 heavy (non-hydrogen) atoms. The zero-order valence-electron chi connectivity index (χ0n) is 17.3. The number of amides is 1. The number of nitrogens with zero attached hydrogens (tertiary/aromatic N) is 4. The van der Waals surface area contributed by atoms with Gasteiger partial charge in [0.05, 0.1) is 28.5 Å². The van der Waals surface area contributed by atoms with Crippen LogP contribution in [0.15, 0.2) is 30.3 Å². The van der Waals surface area contributed by atoms with Gasteiger partial charge >= 0.3 is 6.18 Å². The number of nitrogens with one attached hydrogen (secondary N) is 1. The van der Waals surface area contributed by atoms with Gasteiger partial charge in [-0.05, 0) is 32.4 Å². The molecule has 0 saturated carbocycles. The number of rotatable bonds is 4. The Labute approximate surface area is 180 Å². The van der Waals surface area contributed by atoms with Gasteiger partial charge < -0.3 is 5.32 Å². The van der Waals surface area contributed by atoms with Gasteiger partial charge in [0.15, 0.2) is 5.69 Å². The number of aromatic nitrogens is 4. The van der Waals surface area contributed by atoms with E-state index in [9.17, 15) is 18.0 Å². The molecular formula is C21H20F3N5OS. The molecule has 1 aromatic carbocycles. The summed E-state index contributed by atoms with van der Waals surface area (Å²) in [6.45, 7) is 6.20. The van der Waals surface area contributed by atoms with E-state index >= 15 is 0 Å². The van der Waals surface area contributed by atoms with Crippen LogP contribution >= 0.6 is 11.3 Å². The third-order valence-corrected chi connectivity index (χ3v) is 6.24. The fourth-order valence-corrected chi connectivity index (χ4v) is 4.52. The van der Waals surface area contributed by atoms with Crippen LogP contribution in [0.3, 0.4) is 0 Å². The summed E-state index contributed by atoms with van der Waals surface area (Å²) in [5.74, 6) is -0.476. The number of hydrogen-bond acceptors (Lipinski definition) is 4. The Hall–Kier alpha value is -3.14. The quantitative estimate of drug-likeness (QED) is 0.475. The number of aryl methyl sites for hydroxylation is 3. The molecule has 0 radical (unpaired) electrons. The van der Waals surface area contributed by atoms with Gasteiger partial charge in [0.2, 0.25) is 0 Å². The zero-order chi connectivity index (χ0) is 22.5. The third kappa shape index (κ3) is 3.95. The van der Waals surface area contributed by atoms with E-state index in [1.54, 1.807) is 11.6 Å². The highest BCUT2D eigenvalue weighted by Crippen LogP contribution is 2.37. The van der Waals surface area contributed by atoms with Crippen molar-refractivity contribution in [2.45, 2.75) is 33.5 Å². The molecule has 3 heterocycles. The Morgan fingerprint density at radius 1 is 1.16 bits per heavy atom.